The van der Waals surface area contributed by atoms with Gasteiger partial charge in [-0.1, -0.05) is 90.5 Å². The van der Waals surface area contributed by atoms with Crippen LogP contribution in [0.15, 0.2) is 84.9 Å². The summed E-state index contributed by atoms with van der Waals surface area (Å²) in [7, 11) is 0. The van der Waals surface area contributed by atoms with Gasteiger partial charge in [-0.25, -0.2) is 0 Å². The van der Waals surface area contributed by atoms with Gasteiger partial charge in [0.25, 0.3) is 0 Å². The van der Waals surface area contributed by atoms with Crippen LogP contribution in [0.1, 0.15) is 52.2 Å². The first-order valence-electron chi connectivity index (χ1n) is 8.94. The van der Waals surface area contributed by atoms with Crippen LogP contribution in [0.4, 0.5) is 0 Å². The van der Waals surface area contributed by atoms with E-state index >= 15 is 0 Å². The Morgan fingerprint density at radius 3 is 1.96 bits per heavy atom. The first kappa shape index (κ1) is 17.2. The molecule has 1 heteroatoms. The van der Waals surface area contributed by atoms with Gasteiger partial charge in [-0.15, -0.1) is 0 Å². The average Bonchev–Trinajstić information content (AvgIpc) is 2.67. The van der Waals surface area contributed by atoms with Crippen LogP contribution in [0.2, 0.25) is 0 Å². The molecule has 0 unspecified atom stereocenters. The van der Waals surface area contributed by atoms with Crippen molar-refractivity contribution in [2.75, 3.05) is 0 Å². The van der Waals surface area contributed by atoms with Crippen molar-refractivity contribution in [3.8, 4) is 0 Å². The van der Waals surface area contributed by atoms with Crippen molar-refractivity contribution in [1.29, 1.82) is 0 Å². The summed E-state index contributed by atoms with van der Waals surface area (Å²) >= 11 is 0. The van der Waals surface area contributed by atoms with E-state index < -0.39 is 0 Å². The maximum Gasteiger partial charge on any atom is 0.162 e. The summed E-state index contributed by atoms with van der Waals surface area (Å²) in [4.78, 5) is 12.3. The van der Waals surface area contributed by atoms with E-state index in [-0.39, 0.29) is 5.78 Å². The molecule has 0 heterocycles. The van der Waals surface area contributed by atoms with Crippen LogP contribution in [-0.4, -0.2) is 5.78 Å². The van der Waals surface area contributed by atoms with Gasteiger partial charge in [0.15, 0.2) is 5.78 Å². The molecule has 3 aromatic rings. The standard InChI is InChI=1S/C24H24O/c1-19-15-17-21(18-16-19)23(20-9-4-2-5-10-20)13-8-14-24(25)22-11-6-3-7-12-22/h2-7,9-12,15-18,23H,8,13-14H2,1H3/t23-/m1/s1. The summed E-state index contributed by atoms with van der Waals surface area (Å²) in [5, 5.41) is 0. The molecule has 0 aromatic heterocycles. The molecule has 0 radical (unpaired) electrons. The molecule has 3 rings (SSSR count). The highest BCUT2D eigenvalue weighted by Gasteiger charge is 2.15. The molecule has 0 N–H and O–H groups in total. The molecule has 3 aromatic carbocycles. The van der Waals surface area contributed by atoms with E-state index in [1.54, 1.807) is 0 Å². The Bertz CT molecular complexity index is 789. The first-order valence-corrected chi connectivity index (χ1v) is 8.94. The molecule has 0 fully saturated rings. The minimum absolute atomic E-state index is 0.233. The van der Waals surface area contributed by atoms with E-state index in [0.717, 1.165) is 18.4 Å². The number of Topliss-reactive ketones (excluding diaryl/α,β-unsaturated/α-hetero) is 1. The maximum absolute atomic E-state index is 12.3. The molecule has 0 aliphatic rings. The number of ketones is 1. The van der Waals surface area contributed by atoms with Gasteiger partial charge in [-0.2, -0.15) is 0 Å². The predicted octanol–water partition coefficient (Wildman–Crippen LogP) is 6.18. The molecule has 0 spiro atoms. The third-order valence-corrected chi connectivity index (χ3v) is 4.67. The topological polar surface area (TPSA) is 17.1 Å². The second-order valence-corrected chi connectivity index (χ2v) is 6.56. The Balaban J connectivity index is 1.70. The van der Waals surface area contributed by atoms with Gasteiger partial charge in [0.1, 0.15) is 0 Å². The van der Waals surface area contributed by atoms with Crippen LogP contribution in [0.5, 0.6) is 0 Å². The van der Waals surface area contributed by atoms with Crippen molar-refractivity contribution in [3.05, 3.63) is 107 Å². The van der Waals surface area contributed by atoms with Crippen molar-refractivity contribution in [2.24, 2.45) is 0 Å². The molecule has 25 heavy (non-hydrogen) atoms. The summed E-state index contributed by atoms with van der Waals surface area (Å²) in [6.45, 7) is 2.11. The van der Waals surface area contributed by atoms with E-state index in [0.29, 0.717) is 12.3 Å². The molecular weight excluding hydrogens is 304 g/mol. The Morgan fingerprint density at radius 2 is 1.32 bits per heavy atom. The van der Waals surface area contributed by atoms with E-state index in [1.165, 1.54) is 16.7 Å². The zero-order valence-corrected chi connectivity index (χ0v) is 14.7. The van der Waals surface area contributed by atoms with Gasteiger partial charge >= 0.3 is 0 Å². The third-order valence-electron chi connectivity index (χ3n) is 4.67. The smallest absolute Gasteiger partial charge is 0.162 e. The monoisotopic (exact) mass is 328 g/mol. The minimum Gasteiger partial charge on any atom is -0.294 e. The highest BCUT2D eigenvalue weighted by Crippen LogP contribution is 2.30. The molecule has 0 aliphatic carbocycles. The SMILES string of the molecule is Cc1ccc([C@H](CCCC(=O)c2ccccc2)c2ccccc2)cc1. The van der Waals surface area contributed by atoms with E-state index in [9.17, 15) is 4.79 Å². The highest BCUT2D eigenvalue weighted by molar-refractivity contribution is 5.95. The summed E-state index contributed by atoms with van der Waals surface area (Å²) in [6.07, 6.45) is 2.46. The number of rotatable bonds is 7. The molecule has 1 nitrogen and oxygen atoms in total. The normalized spacial score (nSPS) is 11.9. The lowest BCUT2D eigenvalue weighted by Gasteiger charge is -2.18. The Kier molecular flexibility index (Phi) is 5.79. The molecule has 0 aliphatic heterocycles. The third kappa shape index (κ3) is 4.67. The summed E-state index contributed by atoms with van der Waals surface area (Å²) < 4.78 is 0. The lowest BCUT2D eigenvalue weighted by atomic mass is 9.86. The Hall–Kier alpha value is -2.67. The zero-order valence-electron chi connectivity index (χ0n) is 14.7. The van der Waals surface area contributed by atoms with Crippen LogP contribution in [0.25, 0.3) is 0 Å². The average molecular weight is 328 g/mol. The predicted molar refractivity (Wildman–Crippen MR) is 104 cm³/mol. The second kappa shape index (κ2) is 8.43. The van der Waals surface area contributed by atoms with Gasteiger partial charge < -0.3 is 0 Å². The number of benzene rings is 3. The van der Waals surface area contributed by atoms with Crippen molar-refractivity contribution in [2.45, 2.75) is 32.1 Å². The quantitative estimate of drug-likeness (QED) is 0.473. The number of carbonyl (C=O) groups is 1. The maximum atomic E-state index is 12.3. The highest BCUT2D eigenvalue weighted by atomic mass is 16.1. The van der Waals surface area contributed by atoms with Crippen molar-refractivity contribution >= 4 is 5.78 Å². The van der Waals surface area contributed by atoms with Crippen LogP contribution in [0, 0.1) is 6.92 Å². The largest absolute Gasteiger partial charge is 0.294 e. The number of hydrogen-bond acceptors (Lipinski definition) is 1. The first-order chi connectivity index (χ1) is 12.2. The molecule has 0 saturated heterocycles. The van der Waals surface area contributed by atoms with Gasteiger partial charge in [0, 0.05) is 17.9 Å². The minimum atomic E-state index is 0.233. The van der Waals surface area contributed by atoms with Gasteiger partial charge in [-0.05, 0) is 30.9 Å². The fourth-order valence-electron chi connectivity index (χ4n) is 3.25. The molecular formula is C24H24O. The van der Waals surface area contributed by atoms with Crippen molar-refractivity contribution in [3.63, 3.8) is 0 Å². The van der Waals surface area contributed by atoms with Gasteiger partial charge in [0.05, 0.1) is 0 Å². The molecule has 0 saturated carbocycles. The lowest BCUT2D eigenvalue weighted by molar-refractivity contribution is 0.0979. The molecule has 1 atom stereocenters. The fourth-order valence-corrected chi connectivity index (χ4v) is 3.25. The molecule has 0 amide bonds. The van der Waals surface area contributed by atoms with E-state index in [4.69, 9.17) is 0 Å². The lowest BCUT2D eigenvalue weighted by Crippen LogP contribution is -2.04. The number of hydrogen-bond donors (Lipinski definition) is 0. The summed E-state index contributed by atoms with van der Waals surface area (Å²) in [5.74, 6) is 0.571. The number of carbonyl (C=O) groups excluding carboxylic acids is 1. The number of aryl methyl sites for hydroxylation is 1. The van der Waals surface area contributed by atoms with Gasteiger partial charge in [-0.3, -0.25) is 4.79 Å². The van der Waals surface area contributed by atoms with Crippen LogP contribution >= 0.6 is 0 Å². The summed E-state index contributed by atoms with van der Waals surface area (Å²) in [6, 6.07) is 28.9. The van der Waals surface area contributed by atoms with Crippen LogP contribution < -0.4 is 0 Å². The van der Waals surface area contributed by atoms with E-state index in [2.05, 4.69) is 61.5 Å². The van der Waals surface area contributed by atoms with Crippen LogP contribution in [0.3, 0.4) is 0 Å². The van der Waals surface area contributed by atoms with Crippen molar-refractivity contribution in [1.82, 2.24) is 0 Å². The Labute approximate surface area is 150 Å². The fraction of sp³-hybridized carbons (Fsp3) is 0.208. The molecule has 126 valence electrons. The van der Waals surface area contributed by atoms with Gasteiger partial charge in [0.2, 0.25) is 0 Å². The molecule has 0 bridgehead atoms. The second-order valence-electron chi connectivity index (χ2n) is 6.56. The zero-order chi connectivity index (χ0) is 17.5. The van der Waals surface area contributed by atoms with Crippen molar-refractivity contribution < 1.29 is 4.79 Å². The summed E-state index contributed by atoms with van der Waals surface area (Å²) in [5.41, 5.74) is 4.73. The van der Waals surface area contributed by atoms with E-state index in [1.807, 2.05) is 30.3 Å². The van der Waals surface area contributed by atoms with Crippen LogP contribution in [-0.2, 0) is 0 Å². The Morgan fingerprint density at radius 1 is 0.760 bits per heavy atom.